The van der Waals surface area contributed by atoms with Gasteiger partial charge in [-0.2, -0.15) is 0 Å². The first kappa shape index (κ1) is 20.4. The lowest BCUT2D eigenvalue weighted by atomic mass is 10.2. The molecule has 0 spiro atoms. The maximum atomic E-state index is 10.9. The van der Waals surface area contributed by atoms with Crippen molar-refractivity contribution >= 4 is 17.4 Å². The van der Waals surface area contributed by atoms with Crippen LogP contribution in [-0.4, -0.2) is 34.1 Å². The third kappa shape index (κ3) is 4.22. The third-order valence-electron chi connectivity index (χ3n) is 4.56. The number of hydrogen-bond donors (Lipinski definition) is 0. The van der Waals surface area contributed by atoms with Gasteiger partial charge in [-0.1, -0.05) is 41.2 Å². The van der Waals surface area contributed by atoms with E-state index in [-0.39, 0.29) is 5.69 Å². The molecule has 0 aliphatic rings. The zero-order valence-electron chi connectivity index (χ0n) is 16.8. The van der Waals surface area contributed by atoms with Gasteiger partial charge in [-0.3, -0.25) is 10.1 Å². The minimum atomic E-state index is -0.410. The van der Waals surface area contributed by atoms with Gasteiger partial charge in [0.05, 0.1) is 25.3 Å². The van der Waals surface area contributed by atoms with Crippen LogP contribution in [0.5, 0.6) is 11.5 Å². The minimum absolute atomic E-state index is 0.0614. The maximum absolute atomic E-state index is 10.9. The van der Waals surface area contributed by atoms with Gasteiger partial charge in [-0.25, -0.2) is 4.68 Å². The molecule has 4 rings (SSSR count). The number of non-ortho nitro benzene ring substituents is 1. The predicted octanol–water partition coefficient (Wildman–Crippen LogP) is 5.01. The molecule has 0 aliphatic carbocycles. The summed E-state index contributed by atoms with van der Waals surface area (Å²) in [4.78, 5) is 12.3. The van der Waals surface area contributed by atoms with Crippen LogP contribution in [0.3, 0.4) is 0 Å². The smallest absolute Gasteiger partial charge is 0.269 e. The third-order valence-corrected chi connectivity index (χ3v) is 5.65. The van der Waals surface area contributed by atoms with E-state index in [0.717, 1.165) is 15.4 Å². The van der Waals surface area contributed by atoms with Crippen molar-refractivity contribution in [1.82, 2.24) is 15.0 Å². The Morgan fingerprint density at radius 3 is 2.26 bits per heavy atom. The van der Waals surface area contributed by atoms with Crippen LogP contribution in [-0.2, 0) is 0 Å². The summed E-state index contributed by atoms with van der Waals surface area (Å²) in [6, 6.07) is 19.8. The lowest BCUT2D eigenvalue weighted by molar-refractivity contribution is -0.384. The Labute approximate surface area is 182 Å². The summed E-state index contributed by atoms with van der Waals surface area (Å²) in [5.41, 5.74) is 2.29. The molecule has 0 fully saturated rings. The number of aromatic nitrogens is 3. The number of methoxy groups -OCH3 is 2. The van der Waals surface area contributed by atoms with E-state index in [4.69, 9.17) is 9.47 Å². The van der Waals surface area contributed by atoms with Gasteiger partial charge in [0.15, 0.2) is 5.69 Å². The Hall–Kier alpha value is -3.85. The highest BCUT2D eigenvalue weighted by atomic mass is 32.2. The van der Waals surface area contributed by atoms with Crippen molar-refractivity contribution in [3.05, 3.63) is 83.0 Å². The van der Waals surface area contributed by atoms with E-state index >= 15 is 0 Å². The molecule has 0 N–H and O–H groups in total. The van der Waals surface area contributed by atoms with Gasteiger partial charge in [0, 0.05) is 27.5 Å². The topological polar surface area (TPSA) is 92.3 Å². The Bertz CT molecular complexity index is 1200. The van der Waals surface area contributed by atoms with Crippen molar-refractivity contribution in [3.63, 3.8) is 0 Å². The number of para-hydroxylation sites is 1. The van der Waals surface area contributed by atoms with E-state index < -0.39 is 4.92 Å². The number of nitrogens with zero attached hydrogens (tertiary/aromatic N) is 4. The number of ether oxygens (including phenoxy) is 2. The molecule has 0 atom stereocenters. The maximum Gasteiger partial charge on any atom is 0.269 e. The van der Waals surface area contributed by atoms with Crippen molar-refractivity contribution < 1.29 is 14.4 Å². The molecule has 1 heterocycles. The van der Waals surface area contributed by atoms with E-state index in [1.54, 1.807) is 31.0 Å². The monoisotopic (exact) mass is 434 g/mol. The Morgan fingerprint density at radius 1 is 0.935 bits per heavy atom. The van der Waals surface area contributed by atoms with Gasteiger partial charge in [-0.15, -0.1) is 5.10 Å². The van der Waals surface area contributed by atoms with Crippen LogP contribution in [0, 0.1) is 10.1 Å². The molecule has 0 radical (unpaired) electrons. The average Bonchev–Trinajstić information content (AvgIpc) is 3.28. The van der Waals surface area contributed by atoms with Crippen molar-refractivity contribution in [2.24, 2.45) is 0 Å². The number of hydrogen-bond acceptors (Lipinski definition) is 7. The molecule has 1 aromatic heterocycles. The summed E-state index contributed by atoms with van der Waals surface area (Å²) >= 11 is 1.50. The highest BCUT2D eigenvalue weighted by molar-refractivity contribution is 7.99. The molecule has 0 aliphatic heterocycles. The summed E-state index contributed by atoms with van der Waals surface area (Å²) in [5.74, 6) is 1.23. The molecule has 9 heteroatoms. The molecule has 0 bridgehead atoms. The lowest BCUT2D eigenvalue weighted by Crippen LogP contribution is -2.01. The number of nitro groups is 1. The fourth-order valence-corrected chi connectivity index (χ4v) is 4.04. The summed E-state index contributed by atoms with van der Waals surface area (Å²) in [5, 5.41) is 19.5. The quantitative estimate of drug-likeness (QED) is 0.298. The zero-order chi connectivity index (χ0) is 21.8. The normalized spacial score (nSPS) is 10.6. The van der Waals surface area contributed by atoms with Crippen molar-refractivity contribution in [3.8, 4) is 28.4 Å². The molecule has 0 amide bonds. The average molecular weight is 434 g/mol. The van der Waals surface area contributed by atoms with Gasteiger partial charge in [-0.05, 0) is 30.3 Å². The van der Waals surface area contributed by atoms with Gasteiger partial charge in [0.25, 0.3) is 5.69 Å². The van der Waals surface area contributed by atoms with Crippen LogP contribution in [0.25, 0.3) is 16.9 Å². The number of benzene rings is 3. The van der Waals surface area contributed by atoms with E-state index in [1.807, 2.05) is 48.7 Å². The predicted molar refractivity (Wildman–Crippen MR) is 117 cm³/mol. The highest BCUT2D eigenvalue weighted by Crippen LogP contribution is 2.37. The van der Waals surface area contributed by atoms with Crippen molar-refractivity contribution in [2.45, 2.75) is 9.79 Å². The van der Waals surface area contributed by atoms with Gasteiger partial charge >= 0.3 is 0 Å². The molecule has 156 valence electrons. The zero-order valence-corrected chi connectivity index (χ0v) is 17.6. The molecule has 0 unspecified atom stereocenters. The van der Waals surface area contributed by atoms with Crippen LogP contribution >= 0.6 is 11.8 Å². The molecule has 31 heavy (non-hydrogen) atoms. The lowest BCUT2D eigenvalue weighted by Gasteiger charge is -2.11. The van der Waals surface area contributed by atoms with E-state index in [0.29, 0.717) is 22.9 Å². The second-order valence-corrected chi connectivity index (χ2v) is 7.52. The van der Waals surface area contributed by atoms with Gasteiger partial charge < -0.3 is 9.47 Å². The largest absolute Gasteiger partial charge is 0.494 e. The van der Waals surface area contributed by atoms with E-state index in [1.165, 1.54) is 23.9 Å². The minimum Gasteiger partial charge on any atom is -0.494 e. The molecule has 8 nitrogen and oxygen atoms in total. The summed E-state index contributed by atoms with van der Waals surface area (Å²) < 4.78 is 12.6. The second-order valence-electron chi connectivity index (χ2n) is 6.41. The van der Waals surface area contributed by atoms with Crippen LogP contribution in [0.4, 0.5) is 5.69 Å². The Kier molecular flexibility index (Phi) is 5.85. The second kappa shape index (κ2) is 8.88. The van der Waals surface area contributed by atoms with Crippen LogP contribution in [0.15, 0.2) is 82.7 Å². The Balaban J connectivity index is 1.69. The van der Waals surface area contributed by atoms with Crippen LogP contribution in [0.2, 0.25) is 0 Å². The van der Waals surface area contributed by atoms with Crippen LogP contribution < -0.4 is 9.47 Å². The summed E-state index contributed by atoms with van der Waals surface area (Å²) in [6.07, 6.45) is 1.82. The SMILES string of the molecule is COc1cccc(OC)c1-n1cc(-c2ccccc2Sc2ccc([N+](=O)[O-])cc2)nn1. The molecule has 4 aromatic rings. The van der Waals surface area contributed by atoms with E-state index in [9.17, 15) is 10.1 Å². The first-order valence-corrected chi connectivity index (χ1v) is 10.1. The fraction of sp³-hybridized carbons (Fsp3) is 0.0909. The molecule has 0 saturated heterocycles. The highest BCUT2D eigenvalue weighted by Gasteiger charge is 2.16. The number of nitro benzene ring substituents is 1. The molecular formula is C22H18N4O4S. The standard InChI is InChI=1S/C22H18N4O4S/c1-29-19-7-5-8-20(30-2)22(19)25-14-18(23-24-25)17-6-3-4-9-21(17)31-16-12-10-15(11-13-16)26(27)28/h3-14H,1-2H3. The van der Waals surface area contributed by atoms with Crippen molar-refractivity contribution in [1.29, 1.82) is 0 Å². The van der Waals surface area contributed by atoms with Gasteiger partial charge in [0.2, 0.25) is 0 Å². The summed E-state index contributed by atoms with van der Waals surface area (Å²) in [7, 11) is 3.18. The Morgan fingerprint density at radius 2 is 1.61 bits per heavy atom. The van der Waals surface area contributed by atoms with Gasteiger partial charge in [0.1, 0.15) is 17.2 Å². The first-order valence-electron chi connectivity index (χ1n) is 9.26. The first-order chi connectivity index (χ1) is 15.1. The molecular weight excluding hydrogens is 416 g/mol. The molecule has 3 aromatic carbocycles. The van der Waals surface area contributed by atoms with Crippen LogP contribution in [0.1, 0.15) is 0 Å². The number of rotatable bonds is 7. The fourth-order valence-electron chi connectivity index (χ4n) is 3.08. The van der Waals surface area contributed by atoms with E-state index in [2.05, 4.69) is 10.3 Å². The van der Waals surface area contributed by atoms with Crippen molar-refractivity contribution in [2.75, 3.05) is 14.2 Å². The summed E-state index contributed by atoms with van der Waals surface area (Å²) in [6.45, 7) is 0. The molecule has 0 saturated carbocycles.